The molecule has 0 radical (unpaired) electrons. The molecule has 17 heavy (non-hydrogen) atoms. The van der Waals surface area contributed by atoms with E-state index in [1.165, 1.54) is 38.5 Å². The van der Waals surface area contributed by atoms with Crippen LogP contribution in [0.25, 0.3) is 0 Å². The van der Waals surface area contributed by atoms with Gasteiger partial charge in [-0.3, -0.25) is 4.79 Å². The standard InChI is InChI=1S/C14H19NOS/c16-14(13-8-4-10-17-13)15-9-3-6-11-5-1-2-7-12(11)15/h4,8,10-12H,1-3,5-7,9H2/t11-,12-/m0/s1. The summed E-state index contributed by atoms with van der Waals surface area (Å²) in [5.41, 5.74) is 0. The number of amides is 1. The van der Waals surface area contributed by atoms with Gasteiger partial charge in [0.2, 0.25) is 0 Å². The van der Waals surface area contributed by atoms with Crippen molar-refractivity contribution in [3.63, 3.8) is 0 Å². The van der Waals surface area contributed by atoms with Crippen molar-refractivity contribution in [3.05, 3.63) is 22.4 Å². The zero-order valence-electron chi connectivity index (χ0n) is 10.1. The number of rotatable bonds is 1. The monoisotopic (exact) mass is 249 g/mol. The van der Waals surface area contributed by atoms with E-state index >= 15 is 0 Å². The van der Waals surface area contributed by atoms with E-state index in [1.807, 2.05) is 17.5 Å². The molecule has 92 valence electrons. The Balaban J connectivity index is 1.79. The molecular formula is C14H19NOS. The molecule has 1 aromatic rings. The average Bonchev–Trinajstić information content (AvgIpc) is 2.91. The molecule has 1 saturated carbocycles. The maximum Gasteiger partial charge on any atom is 0.264 e. The van der Waals surface area contributed by atoms with Crippen LogP contribution in [0.1, 0.15) is 48.2 Å². The third kappa shape index (κ3) is 2.13. The molecule has 2 fully saturated rings. The number of carbonyl (C=O) groups is 1. The van der Waals surface area contributed by atoms with Crippen LogP contribution in [-0.4, -0.2) is 23.4 Å². The fourth-order valence-electron chi connectivity index (χ4n) is 3.42. The third-order valence-corrected chi connectivity index (χ3v) is 5.09. The minimum Gasteiger partial charge on any atom is -0.335 e. The Labute approximate surface area is 107 Å². The van der Waals surface area contributed by atoms with Gasteiger partial charge in [-0.15, -0.1) is 11.3 Å². The van der Waals surface area contributed by atoms with Gasteiger partial charge in [-0.25, -0.2) is 0 Å². The summed E-state index contributed by atoms with van der Waals surface area (Å²) in [6.45, 7) is 0.970. The van der Waals surface area contributed by atoms with Gasteiger partial charge in [0, 0.05) is 12.6 Å². The Bertz CT molecular complexity index is 385. The van der Waals surface area contributed by atoms with Crippen molar-refractivity contribution < 1.29 is 4.79 Å². The number of likely N-dealkylation sites (tertiary alicyclic amines) is 1. The first-order valence-electron chi connectivity index (χ1n) is 6.71. The molecule has 2 aliphatic rings. The summed E-state index contributed by atoms with van der Waals surface area (Å²) in [5, 5.41) is 2.00. The molecule has 1 aliphatic heterocycles. The van der Waals surface area contributed by atoms with Crippen molar-refractivity contribution in [2.75, 3.05) is 6.54 Å². The smallest absolute Gasteiger partial charge is 0.264 e. The van der Waals surface area contributed by atoms with E-state index in [0.717, 1.165) is 17.3 Å². The number of thiophene rings is 1. The fourth-order valence-corrected chi connectivity index (χ4v) is 4.10. The number of piperidine rings is 1. The maximum atomic E-state index is 12.5. The van der Waals surface area contributed by atoms with Crippen LogP contribution >= 0.6 is 11.3 Å². The van der Waals surface area contributed by atoms with Crippen LogP contribution in [0.15, 0.2) is 17.5 Å². The fraction of sp³-hybridized carbons (Fsp3) is 0.643. The van der Waals surface area contributed by atoms with E-state index in [9.17, 15) is 4.79 Å². The molecule has 0 N–H and O–H groups in total. The van der Waals surface area contributed by atoms with Gasteiger partial charge < -0.3 is 4.90 Å². The van der Waals surface area contributed by atoms with E-state index in [1.54, 1.807) is 11.3 Å². The van der Waals surface area contributed by atoms with Crippen molar-refractivity contribution >= 4 is 17.2 Å². The SMILES string of the molecule is O=C(c1cccs1)N1CCC[C@@H]2CCCC[C@@H]21. The summed E-state index contributed by atoms with van der Waals surface area (Å²) in [5.74, 6) is 1.05. The molecule has 3 heteroatoms. The minimum absolute atomic E-state index is 0.275. The first-order valence-corrected chi connectivity index (χ1v) is 7.59. The van der Waals surface area contributed by atoms with Gasteiger partial charge in [0.15, 0.2) is 0 Å². The number of hydrogen-bond donors (Lipinski definition) is 0. The highest BCUT2D eigenvalue weighted by atomic mass is 32.1. The molecule has 2 atom stereocenters. The predicted octanol–water partition coefficient (Wildman–Crippen LogP) is 3.54. The first-order chi connectivity index (χ1) is 8.36. The van der Waals surface area contributed by atoms with Crippen LogP contribution in [0, 0.1) is 5.92 Å². The molecule has 3 rings (SSSR count). The molecule has 2 heterocycles. The summed E-state index contributed by atoms with van der Waals surface area (Å²) >= 11 is 1.57. The number of carbonyl (C=O) groups excluding carboxylic acids is 1. The third-order valence-electron chi connectivity index (χ3n) is 4.24. The highest BCUT2D eigenvalue weighted by molar-refractivity contribution is 7.12. The summed E-state index contributed by atoms with van der Waals surface area (Å²) in [7, 11) is 0. The van der Waals surface area contributed by atoms with Gasteiger partial charge in [-0.2, -0.15) is 0 Å². The number of hydrogen-bond acceptors (Lipinski definition) is 2. The maximum absolute atomic E-state index is 12.5. The Morgan fingerprint density at radius 1 is 1.24 bits per heavy atom. The Kier molecular flexibility index (Phi) is 3.19. The van der Waals surface area contributed by atoms with Crippen LogP contribution in [0.5, 0.6) is 0 Å². The summed E-state index contributed by atoms with van der Waals surface area (Å²) < 4.78 is 0. The molecule has 0 spiro atoms. The molecule has 1 saturated heterocycles. The van der Waals surface area contributed by atoms with Gasteiger partial charge in [0.1, 0.15) is 0 Å². The highest BCUT2D eigenvalue weighted by Gasteiger charge is 2.36. The quantitative estimate of drug-likeness (QED) is 0.745. The molecule has 0 unspecified atom stereocenters. The van der Waals surface area contributed by atoms with Crippen LogP contribution in [0.3, 0.4) is 0 Å². The van der Waals surface area contributed by atoms with Gasteiger partial charge in [-0.05, 0) is 43.0 Å². The topological polar surface area (TPSA) is 20.3 Å². The number of fused-ring (bicyclic) bond motifs is 1. The average molecular weight is 249 g/mol. The van der Waals surface area contributed by atoms with Gasteiger partial charge in [0.25, 0.3) is 5.91 Å². The van der Waals surface area contributed by atoms with E-state index in [2.05, 4.69) is 4.90 Å². The first kappa shape index (κ1) is 11.3. The van der Waals surface area contributed by atoms with Crippen LogP contribution in [-0.2, 0) is 0 Å². The number of nitrogens with zero attached hydrogens (tertiary/aromatic N) is 1. The summed E-state index contributed by atoms with van der Waals surface area (Å²) in [6.07, 6.45) is 7.75. The molecular weight excluding hydrogens is 230 g/mol. The largest absolute Gasteiger partial charge is 0.335 e. The normalized spacial score (nSPS) is 28.8. The van der Waals surface area contributed by atoms with Gasteiger partial charge in [-0.1, -0.05) is 18.9 Å². The Hall–Kier alpha value is -0.830. The van der Waals surface area contributed by atoms with Crippen molar-refractivity contribution in [3.8, 4) is 0 Å². The second kappa shape index (κ2) is 4.81. The molecule has 2 nitrogen and oxygen atoms in total. The van der Waals surface area contributed by atoms with Crippen molar-refractivity contribution in [2.45, 2.75) is 44.6 Å². The van der Waals surface area contributed by atoms with E-state index in [4.69, 9.17) is 0 Å². The van der Waals surface area contributed by atoms with E-state index in [-0.39, 0.29) is 5.91 Å². The van der Waals surface area contributed by atoms with Crippen molar-refractivity contribution in [1.82, 2.24) is 4.90 Å². The Morgan fingerprint density at radius 3 is 2.88 bits per heavy atom. The lowest BCUT2D eigenvalue weighted by Crippen LogP contribution is -2.49. The lowest BCUT2D eigenvalue weighted by atomic mass is 9.78. The molecule has 0 aromatic carbocycles. The highest BCUT2D eigenvalue weighted by Crippen LogP contribution is 2.36. The van der Waals surface area contributed by atoms with Crippen LogP contribution in [0.2, 0.25) is 0 Å². The summed E-state index contributed by atoms with van der Waals surface area (Å²) in [6, 6.07) is 4.46. The molecule has 0 bridgehead atoms. The molecule has 1 aromatic heterocycles. The zero-order valence-corrected chi connectivity index (χ0v) is 10.9. The second-order valence-electron chi connectivity index (χ2n) is 5.23. The molecule has 1 amide bonds. The Morgan fingerprint density at radius 2 is 2.06 bits per heavy atom. The summed E-state index contributed by atoms with van der Waals surface area (Å²) in [4.78, 5) is 15.5. The second-order valence-corrected chi connectivity index (χ2v) is 6.18. The van der Waals surface area contributed by atoms with Gasteiger partial charge in [0.05, 0.1) is 4.88 Å². The lowest BCUT2D eigenvalue weighted by Gasteiger charge is -2.44. The van der Waals surface area contributed by atoms with E-state index < -0.39 is 0 Å². The lowest BCUT2D eigenvalue weighted by molar-refractivity contribution is 0.0395. The van der Waals surface area contributed by atoms with Gasteiger partial charge >= 0.3 is 0 Å². The predicted molar refractivity (Wildman–Crippen MR) is 70.3 cm³/mol. The minimum atomic E-state index is 0.275. The van der Waals surface area contributed by atoms with Crippen LogP contribution in [0.4, 0.5) is 0 Å². The van der Waals surface area contributed by atoms with Crippen LogP contribution < -0.4 is 0 Å². The molecule has 1 aliphatic carbocycles. The zero-order chi connectivity index (χ0) is 11.7. The van der Waals surface area contributed by atoms with E-state index in [0.29, 0.717) is 6.04 Å². The van der Waals surface area contributed by atoms with Crippen molar-refractivity contribution in [2.24, 2.45) is 5.92 Å². The van der Waals surface area contributed by atoms with Crippen molar-refractivity contribution in [1.29, 1.82) is 0 Å².